The smallest absolute Gasteiger partial charge is 0.462 e. The summed E-state index contributed by atoms with van der Waals surface area (Å²) in [5.41, 5.74) is 5.20. The summed E-state index contributed by atoms with van der Waals surface area (Å²) in [5.74, 6) is -1.72. The number of phosphoric ester groups is 1. The van der Waals surface area contributed by atoms with E-state index >= 15 is 0 Å². The van der Waals surface area contributed by atoms with Gasteiger partial charge in [-0.15, -0.1) is 0 Å². The quantitative estimate of drug-likeness (QED) is 0.0149. The fourth-order valence-electron chi connectivity index (χ4n) is 9.39. The Bertz CT molecular complexity index is 1910. The van der Waals surface area contributed by atoms with Gasteiger partial charge in [0, 0.05) is 32.2 Å². The van der Waals surface area contributed by atoms with Crippen molar-refractivity contribution < 1.29 is 51.9 Å². The largest absolute Gasteiger partial charge is 0.472 e. The number of carbonyl (C=O) groups is 4. The predicted molar refractivity (Wildman–Crippen MR) is 325 cm³/mol. The lowest BCUT2D eigenvalue weighted by atomic mass is 9.72. The monoisotopic (exact) mass is 1130 g/mol. The summed E-state index contributed by atoms with van der Waals surface area (Å²) in [6.45, 7) is 14.2. The van der Waals surface area contributed by atoms with Crippen molar-refractivity contribution in [3.8, 4) is 0 Å². The summed E-state index contributed by atoms with van der Waals surface area (Å²) in [6, 6.07) is 0. The molecule has 1 amide bonds. The van der Waals surface area contributed by atoms with Crippen molar-refractivity contribution in [3.05, 3.63) is 83.1 Å². The Morgan fingerprint density at radius 1 is 0.620 bits per heavy atom. The molecule has 1 aliphatic rings. The van der Waals surface area contributed by atoms with E-state index in [2.05, 4.69) is 89.4 Å². The lowest BCUT2D eigenvalue weighted by Gasteiger charge is -2.32. The lowest BCUT2D eigenvalue weighted by Crippen LogP contribution is -2.30. The van der Waals surface area contributed by atoms with Crippen LogP contribution < -0.4 is 5.32 Å². The molecule has 0 spiro atoms. The van der Waals surface area contributed by atoms with Gasteiger partial charge in [-0.05, 0) is 128 Å². The minimum absolute atomic E-state index is 0.0501. The molecule has 0 heterocycles. The first kappa shape index (κ1) is 73.2. The van der Waals surface area contributed by atoms with Crippen molar-refractivity contribution in [3.63, 3.8) is 0 Å². The number of phosphoric acid groups is 1. The molecule has 0 aromatic rings. The van der Waals surface area contributed by atoms with Crippen LogP contribution in [-0.2, 0) is 47.0 Å². The molecule has 2 atom stereocenters. The molecule has 0 aromatic carbocycles. The van der Waals surface area contributed by atoms with Crippen molar-refractivity contribution in [1.82, 2.24) is 5.32 Å². The summed E-state index contributed by atoms with van der Waals surface area (Å²) in [4.78, 5) is 60.7. The third-order valence-electron chi connectivity index (χ3n) is 14.3. The zero-order valence-corrected chi connectivity index (χ0v) is 51.8. The highest BCUT2D eigenvalue weighted by atomic mass is 31.2. The molecule has 0 saturated heterocycles. The van der Waals surface area contributed by atoms with E-state index < -0.39 is 38.4 Å². The Morgan fingerprint density at radius 3 is 1.68 bits per heavy atom. The van der Waals surface area contributed by atoms with E-state index in [9.17, 15) is 28.6 Å². The molecule has 2 unspecified atom stereocenters. The number of ether oxygens (including phenoxy) is 3. The van der Waals surface area contributed by atoms with Crippen molar-refractivity contribution >= 4 is 31.6 Å². The highest BCUT2D eigenvalue weighted by Gasteiger charge is 2.27. The molecule has 79 heavy (non-hydrogen) atoms. The van der Waals surface area contributed by atoms with Gasteiger partial charge < -0.3 is 24.4 Å². The number of hydrogen-bond acceptors (Lipinski definition) is 10. The van der Waals surface area contributed by atoms with E-state index in [1.54, 1.807) is 0 Å². The van der Waals surface area contributed by atoms with Crippen LogP contribution in [0.4, 0.5) is 0 Å². The van der Waals surface area contributed by atoms with Crippen LogP contribution in [0.15, 0.2) is 83.1 Å². The first-order valence-electron chi connectivity index (χ1n) is 31.2. The average Bonchev–Trinajstić information content (AvgIpc) is 3.40. The van der Waals surface area contributed by atoms with Crippen molar-refractivity contribution in [2.75, 3.05) is 33.0 Å². The van der Waals surface area contributed by atoms with Gasteiger partial charge in [-0.3, -0.25) is 28.2 Å². The standard InChI is InChI=1S/C66H112NO11P/c1-8-10-12-14-16-18-20-22-24-26-28-30-32-34-36-45-64(70)75-55-60(78-65(71)46-37-35-33-31-29-27-25-23-21-19-17-15-13-11-9-2)56-77-79(72,73)76-54-52-67-62(68)44-39-47-63(69)74-53-50-58(4)42-38-41-57(3)48-49-61-59(5)43-40-51-66(61,6)7/h22-25,38,41-42,48-50,60H,8-21,26-37,39-40,43-47,51-56H2,1-7H3,(H,67,68)(H,72,73). The minimum atomic E-state index is -4.64. The third kappa shape index (κ3) is 44.5. The van der Waals surface area contributed by atoms with Crippen molar-refractivity contribution in [1.29, 1.82) is 0 Å². The van der Waals surface area contributed by atoms with Crippen LogP contribution in [-0.4, -0.2) is 67.8 Å². The van der Waals surface area contributed by atoms with Gasteiger partial charge in [0.15, 0.2) is 6.10 Å². The number of hydrogen-bond donors (Lipinski definition) is 2. The van der Waals surface area contributed by atoms with E-state index in [4.69, 9.17) is 23.3 Å². The van der Waals surface area contributed by atoms with Gasteiger partial charge in [0.25, 0.3) is 0 Å². The maximum absolute atomic E-state index is 12.9. The summed E-state index contributed by atoms with van der Waals surface area (Å²) in [6.07, 6.45) is 54.4. The summed E-state index contributed by atoms with van der Waals surface area (Å²) in [7, 11) is -4.64. The number of esters is 3. The molecular formula is C66H112NO11P. The second-order valence-electron chi connectivity index (χ2n) is 22.4. The zero-order valence-electron chi connectivity index (χ0n) is 50.9. The van der Waals surface area contributed by atoms with E-state index in [0.717, 1.165) is 94.6 Å². The zero-order chi connectivity index (χ0) is 58.1. The van der Waals surface area contributed by atoms with E-state index in [-0.39, 0.29) is 69.8 Å². The van der Waals surface area contributed by atoms with Crippen LogP contribution in [0.5, 0.6) is 0 Å². The average molecular weight is 1130 g/mol. The number of nitrogens with one attached hydrogen (secondary N) is 1. The Morgan fingerprint density at radius 2 is 1.13 bits per heavy atom. The number of amides is 1. The molecule has 12 nitrogen and oxygen atoms in total. The highest BCUT2D eigenvalue weighted by Crippen LogP contribution is 2.43. The molecule has 1 aliphatic carbocycles. The van der Waals surface area contributed by atoms with Crippen LogP contribution >= 0.6 is 7.82 Å². The fraction of sp³-hybridized carbons (Fsp3) is 0.727. The van der Waals surface area contributed by atoms with Gasteiger partial charge >= 0.3 is 25.7 Å². The Kier molecular flexibility index (Phi) is 45.2. The lowest BCUT2D eigenvalue weighted by molar-refractivity contribution is -0.161. The SMILES string of the molecule is CCCCCCCCC=CCCCCCCCC(=O)OCC(COP(=O)(O)OCCNC(=O)CCCC(=O)OCC=C(C)C=CC=C(C)C=CC1=C(C)CCCC1(C)C)OC(=O)CCCCCCCC=CCCCCCCCC. The molecular weight excluding hydrogens is 1010 g/mol. The van der Waals surface area contributed by atoms with Gasteiger partial charge in [0.1, 0.15) is 13.2 Å². The van der Waals surface area contributed by atoms with Gasteiger partial charge in [-0.1, -0.05) is 202 Å². The molecule has 0 bridgehead atoms. The van der Waals surface area contributed by atoms with Crippen LogP contribution in [0.2, 0.25) is 0 Å². The Hall–Kier alpha value is -3.83. The van der Waals surface area contributed by atoms with Crippen LogP contribution in [0.3, 0.4) is 0 Å². The first-order valence-corrected chi connectivity index (χ1v) is 32.7. The molecule has 0 aliphatic heterocycles. The minimum Gasteiger partial charge on any atom is -0.462 e. The summed E-state index contributed by atoms with van der Waals surface area (Å²) in [5, 5.41) is 2.61. The first-order chi connectivity index (χ1) is 38.1. The number of rotatable bonds is 50. The van der Waals surface area contributed by atoms with Crippen molar-refractivity contribution in [2.24, 2.45) is 5.41 Å². The fourth-order valence-corrected chi connectivity index (χ4v) is 10.1. The van der Waals surface area contributed by atoms with Gasteiger partial charge in [-0.2, -0.15) is 0 Å². The molecule has 0 radical (unpaired) electrons. The summed E-state index contributed by atoms with van der Waals surface area (Å²) >= 11 is 0. The van der Waals surface area contributed by atoms with Crippen LogP contribution in [0, 0.1) is 5.41 Å². The maximum Gasteiger partial charge on any atom is 0.472 e. The Balaban J connectivity index is 2.47. The number of carbonyl (C=O) groups excluding carboxylic acids is 4. The molecule has 0 fully saturated rings. The second-order valence-corrected chi connectivity index (χ2v) is 23.9. The topological polar surface area (TPSA) is 164 Å². The van der Waals surface area contributed by atoms with E-state index in [0.29, 0.717) is 12.8 Å². The maximum atomic E-state index is 12.9. The van der Waals surface area contributed by atoms with Crippen LogP contribution in [0.1, 0.15) is 267 Å². The van der Waals surface area contributed by atoms with Gasteiger partial charge in [0.2, 0.25) is 5.91 Å². The molecule has 2 N–H and O–H groups in total. The van der Waals surface area contributed by atoms with Crippen molar-refractivity contribution in [2.45, 2.75) is 273 Å². The number of unbranched alkanes of at least 4 members (excludes halogenated alkanes) is 22. The molecule has 13 heteroatoms. The third-order valence-corrected chi connectivity index (χ3v) is 15.3. The predicted octanol–water partition coefficient (Wildman–Crippen LogP) is 18.0. The Labute approximate surface area is 481 Å². The normalized spacial score (nSPS) is 15.4. The highest BCUT2D eigenvalue weighted by molar-refractivity contribution is 7.47. The molecule has 1 rings (SSSR count). The van der Waals surface area contributed by atoms with Crippen LogP contribution in [0.25, 0.3) is 0 Å². The van der Waals surface area contributed by atoms with E-state index in [1.165, 1.54) is 101 Å². The second kappa shape index (κ2) is 48.8. The summed E-state index contributed by atoms with van der Waals surface area (Å²) < 4.78 is 39.5. The van der Waals surface area contributed by atoms with Gasteiger partial charge in [-0.25, -0.2) is 4.57 Å². The van der Waals surface area contributed by atoms with Gasteiger partial charge in [0.05, 0.1) is 13.2 Å². The molecule has 0 aromatic heterocycles. The molecule has 0 saturated carbocycles. The number of allylic oxidation sites excluding steroid dienone is 13. The molecule has 452 valence electrons. The van der Waals surface area contributed by atoms with E-state index in [1.807, 2.05) is 25.2 Å².